The maximum atomic E-state index is 12.5. The Hall–Kier alpha value is -3.69. The van der Waals surface area contributed by atoms with Gasteiger partial charge in [-0.15, -0.1) is 0 Å². The third-order valence-electron chi connectivity index (χ3n) is 4.42. The number of nitrogens with zero attached hydrogens (tertiary/aromatic N) is 1. The molecule has 34 heavy (non-hydrogen) atoms. The number of methoxy groups -OCH3 is 1. The standard InChI is InChI=1S/C24H19BrClN3O5/c1-33-18-9-6-15(7-10-18)24(32)34-21-11-8-17(25)12-16(21)13-28-29-22(30)14-27-23(31)19-4-2-3-5-20(19)26/h2-13H,14H2,1H3,(H,27,31)(H,29,30)/b28-13+. The molecular formula is C24H19BrClN3O5. The fourth-order valence-corrected chi connectivity index (χ4v) is 3.31. The molecule has 3 aromatic carbocycles. The first-order valence-electron chi connectivity index (χ1n) is 9.88. The highest BCUT2D eigenvalue weighted by Gasteiger charge is 2.13. The Bertz CT molecular complexity index is 1230. The molecule has 10 heteroatoms. The number of benzene rings is 3. The second-order valence-electron chi connectivity index (χ2n) is 6.76. The van der Waals surface area contributed by atoms with Gasteiger partial charge in [0.2, 0.25) is 0 Å². The van der Waals surface area contributed by atoms with Gasteiger partial charge in [0.25, 0.3) is 11.8 Å². The van der Waals surface area contributed by atoms with Crippen LogP contribution in [0.4, 0.5) is 0 Å². The van der Waals surface area contributed by atoms with E-state index in [1.165, 1.54) is 13.3 Å². The number of ether oxygens (including phenoxy) is 2. The Morgan fingerprint density at radius 2 is 1.79 bits per heavy atom. The minimum Gasteiger partial charge on any atom is -0.497 e. The van der Waals surface area contributed by atoms with Crippen molar-refractivity contribution in [1.29, 1.82) is 0 Å². The number of carbonyl (C=O) groups is 3. The second-order valence-corrected chi connectivity index (χ2v) is 8.08. The zero-order chi connectivity index (χ0) is 24.5. The first-order chi connectivity index (χ1) is 16.4. The molecular weight excluding hydrogens is 526 g/mol. The zero-order valence-electron chi connectivity index (χ0n) is 17.9. The summed E-state index contributed by atoms with van der Waals surface area (Å²) < 4.78 is 11.3. The van der Waals surface area contributed by atoms with E-state index in [0.29, 0.717) is 16.9 Å². The van der Waals surface area contributed by atoms with Crippen molar-refractivity contribution >= 4 is 51.5 Å². The highest BCUT2D eigenvalue weighted by molar-refractivity contribution is 9.10. The van der Waals surface area contributed by atoms with Crippen LogP contribution in [0.3, 0.4) is 0 Å². The highest BCUT2D eigenvalue weighted by atomic mass is 79.9. The molecule has 0 unspecified atom stereocenters. The average Bonchev–Trinajstić information content (AvgIpc) is 2.84. The van der Waals surface area contributed by atoms with Crippen LogP contribution in [0.5, 0.6) is 11.5 Å². The number of esters is 1. The van der Waals surface area contributed by atoms with E-state index in [-0.39, 0.29) is 22.9 Å². The maximum Gasteiger partial charge on any atom is 0.343 e. The van der Waals surface area contributed by atoms with Gasteiger partial charge in [-0.05, 0) is 54.6 Å². The molecule has 0 atom stereocenters. The molecule has 0 aliphatic heterocycles. The molecule has 0 radical (unpaired) electrons. The van der Waals surface area contributed by atoms with Crippen LogP contribution < -0.4 is 20.2 Å². The van der Waals surface area contributed by atoms with Crippen LogP contribution in [0.2, 0.25) is 5.02 Å². The normalized spacial score (nSPS) is 10.6. The van der Waals surface area contributed by atoms with E-state index in [2.05, 4.69) is 31.8 Å². The van der Waals surface area contributed by atoms with Crippen molar-refractivity contribution in [2.45, 2.75) is 0 Å². The molecule has 0 aliphatic carbocycles. The first kappa shape index (κ1) is 24.9. The van der Waals surface area contributed by atoms with Crippen molar-refractivity contribution in [3.05, 3.63) is 92.9 Å². The summed E-state index contributed by atoms with van der Waals surface area (Å²) in [6, 6.07) is 18.0. The Kier molecular flexibility index (Phi) is 8.78. The van der Waals surface area contributed by atoms with Crippen LogP contribution in [-0.4, -0.2) is 37.7 Å². The van der Waals surface area contributed by atoms with Crippen LogP contribution >= 0.6 is 27.5 Å². The van der Waals surface area contributed by atoms with Gasteiger partial charge in [-0.1, -0.05) is 39.7 Å². The van der Waals surface area contributed by atoms with Gasteiger partial charge in [-0.3, -0.25) is 9.59 Å². The van der Waals surface area contributed by atoms with Crippen LogP contribution in [0, 0.1) is 0 Å². The van der Waals surface area contributed by atoms with Gasteiger partial charge >= 0.3 is 5.97 Å². The van der Waals surface area contributed by atoms with E-state index in [1.54, 1.807) is 66.7 Å². The van der Waals surface area contributed by atoms with Crippen molar-refractivity contribution in [2.24, 2.45) is 5.10 Å². The molecule has 0 aromatic heterocycles. The van der Waals surface area contributed by atoms with E-state index in [4.69, 9.17) is 21.1 Å². The number of halogens is 2. The molecule has 3 aromatic rings. The summed E-state index contributed by atoms with van der Waals surface area (Å²) >= 11 is 9.32. The molecule has 174 valence electrons. The fraction of sp³-hybridized carbons (Fsp3) is 0.0833. The van der Waals surface area contributed by atoms with Crippen LogP contribution in [0.1, 0.15) is 26.3 Å². The lowest BCUT2D eigenvalue weighted by atomic mass is 10.2. The van der Waals surface area contributed by atoms with E-state index in [0.717, 1.165) is 4.47 Å². The summed E-state index contributed by atoms with van der Waals surface area (Å²) in [4.78, 5) is 36.7. The fourth-order valence-electron chi connectivity index (χ4n) is 2.71. The Morgan fingerprint density at radius 3 is 2.50 bits per heavy atom. The van der Waals surface area contributed by atoms with Gasteiger partial charge in [0.05, 0.1) is 36.0 Å². The largest absolute Gasteiger partial charge is 0.497 e. The highest BCUT2D eigenvalue weighted by Crippen LogP contribution is 2.23. The third kappa shape index (κ3) is 6.90. The summed E-state index contributed by atoms with van der Waals surface area (Å²) in [6.45, 7) is -0.306. The summed E-state index contributed by atoms with van der Waals surface area (Å²) in [6.07, 6.45) is 1.33. The number of amides is 2. The molecule has 0 spiro atoms. The lowest BCUT2D eigenvalue weighted by Gasteiger charge is -2.09. The third-order valence-corrected chi connectivity index (χ3v) is 5.24. The minimum atomic E-state index is -0.564. The molecule has 3 rings (SSSR count). The number of carbonyl (C=O) groups excluding carboxylic acids is 3. The van der Waals surface area contributed by atoms with Crippen molar-refractivity contribution < 1.29 is 23.9 Å². The van der Waals surface area contributed by atoms with Crippen LogP contribution in [0.25, 0.3) is 0 Å². The van der Waals surface area contributed by atoms with Crippen molar-refractivity contribution in [2.75, 3.05) is 13.7 Å². The van der Waals surface area contributed by atoms with Crippen LogP contribution in [0.15, 0.2) is 76.3 Å². The van der Waals surface area contributed by atoms with E-state index in [9.17, 15) is 14.4 Å². The van der Waals surface area contributed by atoms with Crippen molar-refractivity contribution in [3.63, 3.8) is 0 Å². The molecule has 2 N–H and O–H groups in total. The van der Waals surface area contributed by atoms with E-state index in [1.807, 2.05) is 0 Å². The van der Waals surface area contributed by atoms with Gasteiger partial charge in [-0.2, -0.15) is 5.10 Å². The second kappa shape index (κ2) is 12.0. The predicted octanol–water partition coefficient (Wildman–Crippen LogP) is 4.21. The number of hydrogen-bond acceptors (Lipinski definition) is 6. The van der Waals surface area contributed by atoms with Gasteiger partial charge in [0.1, 0.15) is 11.5 Å². The molecule has 8 nitrogen and oxygen atoms in total. The Balaban J connectivity index is 1.60. The van der Waals surface area contributed by atoms with Crippen molar-refractivity contribution in [1.82, 2.24) is 10.7 Å². The number of rotatable bonds is 8. The molecule has 0 saturated heterocycles. The maximum absolute atomic E-state index is 12.5. The minimum absolute atomic E-state index is 0.244. The summed E-state index contributed by atoms with van der Waals surface area (Å²) in [5.41, 5.74) is 3.36. The average molecular weight is 545 g/mol. The monoisotopic (exact) mass is 543 g/mol. The number of nitrogens with one attached hydrogen (secondary N) is 2. The van der Waals surface area contributed by atoms with Gasteiger partial charge in [0.15, 0.2) is 0 Å². The zero-order valence-corrected chi connectivity index (χ0v) is 20.2. The van der Waals surface area contributed by atoms with Gasteiger partial charge < -0.3 is 14.8 Å². The number of hydrogen-bond donors (Lipinski definition) is 2. The lowest BCUT2D eigenvalue weighted by molar-refractivity contribution is -0.120. The van der Waals surface area contributed by atoms with Gasteiger partial charge in [0, 0.05) is 10.0 Å². The molecule has 2 amide bonds. The smallest absolute Gasteiger partial charge is 0.343 e. The van der Waals surface area contributed by atoms with E-state index < -0.39 is 17.8 Å². The predicted molar refractivity (Wildman–Crippen MR) is 132 cm³/mol. The summed E-state index contributed by atoms with van der Waals surface area (Å²) in [5, 5.41) is 6.63. The molecule has 0 fully saturated rings. The molecule has 0 saturated carbocycles. The topological polar surface area (TPSA) is 106 Å². The van der Waals surface area contributed by atoms with Crippen LogP contribution in [-0.2, 0) is 4.79 Å². The summed E-state index contributed by atoms with van der Waals surface area (Å²) in [7, 11) is 1.53. The Labute approximate surface area is 209 Å². The molecule has 0 bridgehead atoms. The quantitative estimate of drug-likeness (QED) is 0.191. The van der Waals surface area contributed by atoms with Gasteiger partial charge in [-0.25, -0.2) is 10.2 Å². The molecule has 0 aliphatic rings. The van der Waals surface area contributed by atoms with Crippen molar-refractivity contribution in [3.8, 4) is 11.5 Å². The summed E-state index contributed by atoms with van der Waals surface area (Å²) in [5.74, 6) is -0.736. The Morgan fingerprint density at radius 1 is 1.06 bits per heavy atom. The number of hydrazone groups is 1. The lowest BCUT2D eigenvalue weighted by Crippen LogP contribution is -2.35. The SMILES string of the molecule is COc1ccc(C(=O)Oc2ccc(Br)cc2/C=N/NC(=O)CNC(=O)c2ccccc2Cl)cc1. The van der Waals surface area contributed by atoms with E-state index >= 15 is 0 Å². The first-order valence-corrected chi connectivity index (χ1v) is 11.0. The molecule has 0 heterocycles.